The van der Waals surface area contributed by atoms with Crippen molar-refractivity contribution in [3.05, 3.63) is 64.6 Å². The molecule has 0 saturated carbocycles. The molecule has 0 aliphatic carbocycles. The van der Waals surface area contributed by atoms with E-state index in [4.69, 9.17) is 16.1 Å². The number of para-hydroxylation sites is 1. The number of nitrogens with two attached hydrogens (primary N) is 2. The van der Waals surface area contributed by atoms with Crippen molar-refractivity contribution >= 4 is 30.0 Å². The Morgan fingerprint density at radius 1 is 1.26 bits per heavy atom. The fourth-order valence-electron chi connectivity index (χ4n) is 4.28. The number of anilines is 1. The van der Waals surface area contributed by atoms with E-state index in [1.165, 1.54) is 0 Å². The summed E-state index contributed by atoms with van der Waals surface area (Å²) in [5.41, 5.74) is 16.6. The molecule has 8 nitrogen and oxygen atoms in total. The number of rotatable bonds is 7. The molecule has 0 fully saturated rings. The first-order valence-corrected chi connectivity index (χ1v) is 12.1. The largest absolute Gasteiger partial charge is 0.554 e. The fraction of sp³-hybridized carbons (Fsp3) is 0.385. The van der Waals surface area contributed by atoms with E-state index in [0.717, 1.165) is 28.8 Å². The lowest BCUT2D eigenvalue weighted by Crippen LogP contribution is -2.44. The minimum Gasteiger partial charge on any atom is -0.554 e. The molecule has 9 heteroatoms. The van der Waals surface area contributed by atoms with Gasteiger partial charge in [0.1, 0.15) is 5.75 Å². The molecule has 2 aromatic carbocycles. The number of Topliss-reactive ketones (excluding diaryl/α,β-unsaturated/α-hetero) is 1. The number of nitrogens with one attached hydrogen (secondary N) is 2. The fourth-order valence-corrected chi connectivity index (χ4v) is 4.28. The Hall–Kier alpha value is -3.14. The van der Waals surface area contributed by atoms with Crippen LogP contribution in [0, 0.1) is 0 Å². The summed E-state index contributed by atoms with van der Waals surface area (Å²) in [5.74, 6) is 2.47. The third-order valence-corrected chi connectivity index (χ3v) is 5.99. The van der Waals surface area contributed by atoms with Gasteiger partial charge in [0.05, 0.1) is 17.5 Å². The van der Waals surface area contributed by atoms with Gasteiger partial charge in [-0.25, -0.2) is 0 Å². The van der Waals surface area contributed by atoms with Crippen LogP contribution in [0.25, 0.3) is 5.70 Å². The predicted octanol–water partition coefficient (Wildman–Crippen LogP) is 2.22. The second-order valence-electron chi connectivity index (χ2n) is 8.91. The quantitative estimate of drug-likeness (QED) is 0.356. The molecular weight excluding hydrogens is 441 g/mol. The second kappa shape index (κ2) is 11.5. The molecule has 35 heavy (non-hydrogen) atoms. The van der Waals surface area contributed by atoms with Crippen LogP contribution in [-0.2, 0) is 17.8 Å². The predicted molar refractivity (Wildman–Crippen MR) is 142 cm³/mol. The Bertz CT molecular complexity index is 1120. The average Bonchev–Trinajstić information content (AvgIpc) is 3.26. The van der Waals surface area contributed by atoms with Crippen molar-refractivity contribution in [2.45, 2.75) is 45.7 Å². The molecule has 2 heterocycles. The summed E-state index contributed by atoms with van der Waals surface area (Å²) < 4.78 is 6.25. The lowest BCUT2D eigenvalue weighted by Gasteiger charge is -2.28. The minimum atomic E-state index is -0.769. The molecule has 6 N–H and O–H groups in total. The average molecular weight is 477 g/mol. The molecule has 4 rings (SSSR count). The molecular formula is C26H36BN5O3. The lowest BCUT2D eigenvalue weighted by atomic mass is 9.58. The molecule has 2 aliphatic heterocycles. The molecule has 2 atom stereocenters. The topological polar surface area (TPSA) is 123 Å². The first kappa shape index (κ1) is 26.5. The molecule has 186 valence electrons. The number of nitrogens with zero attached hydrogens (tertiary/aromatic N) is 1. The zero-order chi connectivity index (χ0) is 25.7. The van der Waals surface area contributed by atoms with E-state index in [0.29, 0.717) is 23.5 Å². The van der Waals surface area contributed by atoms with Crippen molar-refractivity contribution in [2.75, 3.05) is 26.0 Å². The van der Waals surface area contributed by atoms with Gasteiger partial charge in [0.15, 0.2) is 5.78 Å². The molecule has 1 amide bonds. The Morgan fingerprint density at radius 2 is 2.00 bits per heavy atom. The number of hydrogen-bond donors (Lipinski definition) is 4. The molecule has 0 saturated heterocycles. The van der Waals surface area contributed by atoms with Crippen LogP contribution in [0.15, 0.2) is 42.4 Å². The highest BCUT2D eigenvalue weighted by Gasteiger charge is 2.40. The molecule has 2 aromatic rings. The smallest absolute Gasteiger partial charge is 0.409 e. The molecule has 0 aromatic heterocycles. The number of hydrogen-bond acceptors (Lipinski definition) is 7. The van der Waals surface area contributed by atoms with Crippen molar-refractivity contribution in [3.8, 4) is 5.75 Å². The van der Waals surface area contributed by atoms with Gasteiger partial charge in [0.2, 0.25) is 5.91 Å². The van der Waals surface area contributed by atoms with Crippen LogP contribution in [0.1, 0.15) is 47.8 Å². The molecule has 0 spiro atoms. The van der Waals surface area contributed by atoms with Gasteiger partial charge in [0.25, 0.3) is 0 Å². The third kappa shape index (κ3) is 5.93. The summed E-state index contributed by atoms with van der Waals surface area (Å²) in [6, 6.07) is 10.9. The number of amides is 1. The van der Waals surface area contributed by atoms with Gasteiger partial charge in [-0.15, -0.1) is 0 Å². The maximum atomic E-state index is 12.4. The first-order valence-electron chi connectivity index (χ1n) is 12.1. The van der Waals surface area contributed by atoms with Crippen LogP contribution in [0.2, 0.25) is 0 Å². The summed E-state index contributed by atoms with van der Waals surface area (Å²) in [7, 11) is 3.95. The van der Waals surface area contributed by atoms with Crippen LogP contribution in [0.4, 0.5) is 5.69 Å². The monoisotopic (exact) mass is 477 g/mol. The first-order chi connectivity index (χ1) is 16.8. The summed E-state index contributed by atoms with van der Waals surface area (Å²) in [6.07, 6.45) is 0.759. The molecule has 0 bridgehead atoms. The van der Waals surface area contributed by atoms with E-state index in [1.54, 1.807) is 13.0 Å². The molecule has 2 unspecified atom stereocenters. The van der Waals surface area contributed by atoms with E-state index in [1.807, 2.05) is 69.1 Å². The summed E-state index contributed by atoms with van der Waals surface area (Å²) >= 11 is 0. The van der Waals surface area contributed by atoms with Crippen LogP contribution >= 0.6 is 0 Å². The van der Waals surface area contributed by atoms with E-state index >= 15 is 0 Å². The maximum Gasteiger partial charge on any atom is 0.409 e. The van der Waals surface area contributed by atoms with Gasteiger partial charge in [-0.05, 0) is 62.2 Å². The number of carbonyl (C=O) groups excluding carboxylic acids is 2. The van der Waals surface area contributed by atoms with Crippen molar-refractivity contribution in [1.82, 2.24) is 10.2 Å². The summed E-state index contributed by atoms with van der Waals surface area (Å²) in [5, 5.41) is 6.49. The highest BCUT2D eigenvalue weighted by molar-refractivity contribution is 6.63. The van der Waals surface area contributed by atoms with Crippen LogP contribution in [0.3, 0.4) is 0 Å². The van der Waals surface area contributed by atoms with Gasteiger partial charge in [-0.3, -0.25) is 9.59 Å². The normalized spacial score (nSPS) is 16.6. The summed E-state index contributed by atoms with van der Waals surface area (Å²) in [4.78, 5) is 26.5. The third-order valence-electron chi connectivity index (χ3n) is 5.99. The van der Waals surface area contributed by atoms with Gasteiger partial charge in [-0.1, -0.05) is 38.1 Å². The standard InChI is InChI=1S/C24H30BN5O3.C2H6/c1-14(31)18-6-4-5-16-10-22-25(33-23(16)18)11-21(28-22)15-7-8-17(13-30(2)3)20(9-15)29-24(32)19(27)12-26;1-2/h4-9,11,19,22,28H,10,12-13,26-27H2,1-3H3,(H,29,32);1-2H3. The van der Waals surface area contributed by atoms with E-state index < -0.39 is 6.04 Å². The van der Waals surface area contributed by atoms with Crippen molar-refractivity contribution in [3.63, 3.8) is 0 Å². The van der Waals surface area contributed by atoms with Crippen LogP contribution in [0.5, 0.6) is 5.75 Å². The molecule has 2 aliphatic rings. The van der Waals surface area contributed by atoms with Crippen LogP contribution in [-0.4, -0.2) is 56.1 Å². The number of ketones is 1. The Balaban J connectivity index is 0.00000167. The van der Waals surface area contributed by atoms with Gasteiger partial charge in [-0.2, -0.15) is 0 Å². The Morgan fingerprint density at radius 3 is 2.66 bits per heavy atom. The van der Waals surface area contributed by atoms with Gasteiger partial charge in [0, 0.05) is 24.5 Å². The van der Waals surface area contributed by atoms with Gasteiger partial charge < -0.3 is 31.7 Å². The van der Waals surface area contributed by atoms with Crippen molar-refractivity contribution in [2.24, 2.45) is 11.5 Å². The zero-order valence-electron chi connectivity index (χ0n) is 21.2. The summed E-state index contributed by atoms with van der Waals surface area (Å²) in [6.45, 7) is 6.11. The Kier molecular flexibility index (Phi) is 8.72. The second-order valence-corrected chi connectivity index (χ2v) is 8.91. The van der Waals surface area contributed by atoms with E-state index in [9.17, 15) is 9.59 Å². The van der Waals surface area contributed by atoms with E-state index in [2.05, 4.69) is 10.6 Å². The lowest BCUT2D eigenvalue weighted by molar-refractivity contribution is -0.117. The van der Waals surface area contributed by atoms with Crippen molar-refractivity contribution < 1.29 is 14.2 Å². The minimum absolute atomic E-state index is 0.00647. The maximum absolute atomic E-state index is 12.4. The highest BCUT2D eigenvalue weighted by Crippen LogP contribution is 2.35. The van der Waals surface area contributed by atoms with Crippen molar-refractivity contribution in [1.29, 1.82) is 0 Å². The molecule has 0 radical (unpaired) electrons. The highest BCUT2D eigenvalue weighted by atomic mass is 16.4. The van der Waals surface area contributed by atoms with E-state index in [-0.39, 0.29) is 31.1 Å². The number of fused-ring (bicyclic) bond motifs is 2. The Labute approximate surface area is 208 Å². The van der Waals surface area contributed by atoms with Gasteiger partial charge >= 0.3 is 6.92 Å². The SMILES string of the molecule is CC.CC(=O)c1cccc2c1OB1C=C(c3ccc(CN(C)C)c(NC(=O)C(N)CN)c3)NC1C2. The number of carbonyl (C=O) groups is 2. The van der Waals surface area contributed by atoms with Crippen LogP contribution < -0.4 is 26.8 Å². The number of benzene rings is 2. The zero-order valence-corrected chi connectivity index (χ0v) is 21.2.